The lowest BCUT2D eigenvalue weighted by atomic mass is 10.1. The van der Waals surface area contributed by atoms with E-state index < -0.39 is 0 Å². The van der Waals surface area contributed by atoms with Crippen LogP contribution in [-0.2, 0) is 0 Å². The molecule has 102 valence electrons. The minimum Gasteiger partial charge on any atom is -0.366 e. The molecule has 2 unspecified atom stereocenters. The van der Waals surface area contributed by atoms with Crippen LogP contribution in [0.25, 0.3) is 0 Å². The van der Waals surface area contributed by atoms with Gasteiger partial charge in [0.2, 0.25) is 0 Å². The number of nitrogens with one attached hydrogen (secondary N) is 1. The van der Waals surface area contributed by atoms with E-state index in [0.29, 0.717) is 12.5 Å². The summed E-state index contributed by atoms with van der Waals surface area (Å²) in [5, 5.41) is 12.6. The Morgan fingerprint density at radius 3 is 2.95 bits per heavy atom. The molecule has 2 rings (SSSR count). The lowest BCUT2D eigenvalue weighted by Crippen LogP contribution is -2.40. The van der Waals surface area contributed by atoms with Crippen molar-refractivity contribution in [1.82, 2.24) is 5.32 Å². The van der Waals surface area contributed by atoms with Gasteiger partial charge in [-0.25, -0.2) is 0 Å². The molecule has 0 saturated carbocycles. The molecule has 1 aliphatic heterocycles. The van der Waals surface area contributed by atoms with Crippen molar-refractivity contribution in [2.75, 3.05) is 18.0 Å². The van der Waals surface area contributed by atoms with E-state index in [-0.39, 0.29) is 6.04 Å². The van der Waals surface area contributed by atoms with E-state index in [1.54, 1.807) is 0 Å². The third-order valence-corrected chi connectivity index (χ3v) is 3.95. The number of hydrogen-bond donors (Lipinski definition) is 1. The zero-order chi connectivity index (χ0) is 13.8. The van der Waals surface area contributed by atoms with E-state index in [4.69, 9.17) is 5.26 Å². The van der Waals surface area contributed by atoms with Gasteiger partial charge in [0.25, 0.3) is 0 Å². The summed E-state index contributed by atoms with van der Waals surface area (Å²) in [4.78, 5) is 2.42. The first-order chi connectivity index (χ1) is 9.11. The summed E-state index contributed by atoms with van der Waals surface area (Å²) < 4.78 is 0. The summed E-state index contributed by atoms with van der Waals surface area (Å²) in [6.07, 6.45) is 1.70. The van der Waals surface area contributed by atoms with Crippen LogP contribution in [0.2, 0.25) is 0 Å². The van der Waals surface area contributed by atoms with Gasteiger partial charge in [-0.15, -0.1) is 0 Å². The molecule has 1 N–H and O–H groups in total. The highest BCUT2D eigenvalue weighted by Crippen LogP contribution is 2.26. The predicted octanol–water partition coefficient (Wildman–Crippen LogP) is 2.77. The van der Waals surface area contributed by atoms with Gasteiger partial charge in [-0.2, -0.15) is 5.26 Å². The highest BCUT2D eigenvalue weighted by molar-refractivity contribution is 5.56. The van der Waals surface area contributed by atoms with Crippen LogP contribution in [0.3, 0.4) is 0 Å². The third kappa shape index (κ3) is 3.27. The molecule has 0 aliphatic carbocycles. The van der Waals surface area contributed by atoms with Gasteiger partial charge in [0.15, 0.2) is 0 Å². The molecular weight excluding hydrogens is 234 g/mol. The Hall–Kier alpha value is -1.53. The summed E-state index contributed by atoms with van der Waals surface area (Å²) >= 11 is 0. The molecular formula is C16H23N3. The van der Waals surface area contributed by atoms with Crippen molar-refractivity contribution >= 4 is 5.69 Å². The SMILES string of the molecule is Cc1ccc(C)c(N2CCC(C)NCC2CC#N)c1. The molecule has 0 bridgehead atoms. The average Bonchev–Trinajstić information content (AvgIpc) is 2.56. The van der Waals surface area contributed by atoms with Crippen LogP contribution in [0, 0.1) is 25.2 Å². The van der Waals surface area contributed by atoms with E-state index in [2.05, 4.69) is 55.3 Å². The standard InChI is InChI=1S/C16H23N3/c1-12-4-5-13(2)16(10-12)19-9-7-14(3)18-11-15(19)6-8-17/h4-5,10,14-15,18H,6-7,9,11H2,1-3H3. The maximum atomic E-state index is 9.06. The van der Waals surface area contributed by atoms with Crippen LogP contribution in [0.4, 0.5) is 5.69 Å². The Balaban J connectivity index is 2.32. The fourth-order valence-electron chi connectivity index (χ4n) is 2.70. The van der Waals surface area contributed by atoms with Crippen molar-refractivity contribution in [3.63, 3.8) is 0 Å². The molecule has 1 saturated heterocycles. The molecule has 3 nitrogen and oxygen atoms in total. The Bertz CT molecular complexity index is 475. The first-order valence-corrected chi connectivity index (χ1v) is 7.06. The van der Waals surface area contributed by atoms with Gasteiger partial charge < -0.3 is 10.2 Å². The van der Waals surface area contributed by atoms with Crippen LogP contribution in [0.15, 0.2) is 18.2 Å². The Morgan fingerprint density at radius 2 is 2.21 bits per heavy atom. The molecule has 1 fully saturated rings. The van der Waals surface area contributed by atoms with Crippen LogP contribution in [-0.4, -0.2) is 25.2 Å². The molecule has 1 aromatic carbocycles. The number of nitrogens with zero attached hydrogens (tertiary/aromatic N) is 2. The number of benzene rings is 1. The monoisotopic (exact) mass is 257 g/mol. The summed E-state index contributed by atoms with van der Waals surface area (Å²) in [7, 11) is 0. The molecule has 0 amide bonds. The van der Waals surface area contributed by atoms with Crippen molar-refractivity contribution in [1.29, 1.82) is 5.26 Å². The smallest absolute Gasteiger partial charge is 0.0643 e. The first kappa shape index (κ1) is 13.9. The zero-order valence-electron chi connectivity index (χ0n) is 12.1. The molecule has 0 spiro atoms. The van der Waals surface area contributed by atoms with Crippen molar-refractivity contribution in [3.8, 4) is 6.07 Å². The van der Waals surface area contributed by atoms with Crippen LogP contribution < -0.4 is 10.2 Å². The number of aryl methyl sites for hydroxylation is 2. The topological polar surface area (TPSA) is 39.1 Å². The largest absolute Gasteiger partial charge is 0.366 e. The maximum absolute atomic E-state index is 9.06. The number of hydrogen-bond acceptors (Lipinski definition) is 3. The quantitative estimate of drug-likeness (QED) is 0.885. The van der Waals surface area contributed by atoms with E-state index in [1.165, 1.54) is 16.8 Å². The van der Waals surface area contributed by atoms with Crippen molar-refractivity contribution in [3.05, 3.63) is 29.3 Å². The van der Waals surface area contributed by atoms with E-state index in [1.807, 2.05) is 0 Å². The molecule has 1 aliphatic rings. The van der Waals surface area contributed by atoms with Crippen molar-refractivity contribution in [2.24, 2.45) is 0 Å². The second-order valence-corrected chi connectivity index (χ2v) is 5.60. The predicted molar refractivity (Wildman–Crippen MR) is 79.4 cm³/mol. The lowest BCUT2D eigenvalue weighted by molar-refractivity contribution is 0.538. The maximum Gasteiger partial charge on any atom is 0.0643 e. The molecule has 19 heavy (non-hydrogen) atoms. The summed E-state index contributed by atoms with van der Waals surface area (Å²) in [5.41, 5.74) is 3.86. The second kappa shape index (κ2) is 6.08. The van der Waals surface area contributed by atoms with Crippen molar-refractivity contribution in [2.45, 2.75) is 45.7 Å². The second-order valence-electron chi connectivity index (χ2n) is 5.60. The highest BCUT2D eigenvalue weighted by Gasteiger charge is 2.24. The van der Waals surface area contributed by atoms with Gasteiger partial charge in [-0.1, -0.05) is 12.1 Å². The fraction of sp³-hybridized carbons (Fsp3) is 0.562. The average molecular weight is 257 g/mol. The molecule has 0 aromatic heterocycles. The summed E-state index contributed by atoms with van der Waals surface area (Å²) in [6.45, 7) is 8.41. The van der Waals surface area contributed by atoms with Crippen molar-refractivity contribution < 1.29 is 0 Å². The van der Waals surface area contributed by atoms with Crippen LogP contribution in [0.1, 0.15) is 30.9 Å². The van der Waals surface area contributed by atoms with Crippen LogP contribution in [0.5, 0.6) is 0 Å². The minimum atomic E-state index is 0.274. The highest BCUT2D eigenvalue weighted by atomic mass is 15.2. The minimum absolute atomic E-state index is 0.274. The molecule has 3 heteroatoms. The zero-order valence-corrected chi connectivity index (χ0v) is 12.1. The van der Waals surface area contributed by atoms with E-state index >= 15 is 0 Å². The van der Waals surface area contributed by atoms with E-state index in [0.717, 1.165) is 19.5 Å². The molecule has 1 heterocycles. The van der Waals surface area contributed by atoms with E-state index in [9.17, 15) is 0 Å². The molecule has 2 atom stereocenters. The van der Waals surface area contributed by atoms with Gasteiger partial charge in [0.1, 0.15) is 0 Å². The van der Waals surface area contributed by atoms with Gasteiger partial charge in [0.05, 0.1) is 18.5 Å². The van der Waals surface area contributed by atoms with Gasteiger partial charge >= 0.3 is 0 Å². The summed E-state index contributed by atoms with van der Waals surface area (Å²) in [5.74, 6) is 0. The van der Waals surface area contributed by atoms with Gasteiger partial charge in [-0.05, 0) is 44.4 Å². The normalized spacial score (nSPS) is 23.8. The van der Waals surface area contributed by atoms with Gasteiger partial charge in [-0.3, -0.25) is 0 Å². The number of anilines is 1. The fourth-order valence-corrected chi connectivity index (χ4v) is 2.70. The van der Waals surface area contributed by atoms with Crippen LogP contribution >= 0.6 is 0 Å². The number of rotatable bonds is 2. The lowest BCUT2D eigenvalue weighted by Gasteiger charge is -2.32. The Morgan fingerprint density at radius 1 is 1.42 bits per heavy atom. The summed E-state index contributed by atoms with van der Waals surface area (Å²) in [6, 6.07) is 9.70. The molecule has 1 aromatic rings. The Kier molecular flexibility index (Phi) is 4.44. The molecule has 0 radical (unpaired) electrons. The first-order valence-electron chi connectivity index (χ1n) is 7.06. The van der Waals surface area contributed by atoms with Gasteiger partial charge in [0, 0.05) is 24.8 Å². The number of nitriles is 1. The third-order valence-electron chi connectivity index (χ3n) is 3.95. The Labute approximate surface area is 116 Å².